The fourth-order valence-electron chi connectivity index (χ4n) is 2.21. The van der Waals surface area contributed by atoms with Crippen LogP contribution in [-0.2, 0) is 0 Å². The Morgan fingerprint density at radius 2 is 2.06 bits per heavy atom. The monoisotopic (exact) mass is 255 g/mol. The van der Waals surface area contributed by atoms with Gasteiger partial charge in [0.05, 0.1) is 11.4 Å². The number of hydrogen-bond acceptors (Lipinski definition) is 5. The van der Waals surface area contributed by atoms with E-state index in [4.69, 9.17) is 17.3 Å². The first-order valence-electron chi connectivity index (χ1n) is 5.74. The van der Waals surface area contributed by atoms with Crippen LogP contribution in [0.2, 0.25) is 5.28 Å². The zero-order valence-electron chi connectivity index (χ0n) is 10.4. The van der Waals surface area contributed by atoms with Crippen LogP contribution in [0.5, 0.6) is 0 Å². The Labute approximate surface area is 107 Å². The van der Waals surface area contributed by atoms with Gasteiger partial charge in [0.2, 0.25) is 5.28 Å². The first kappa shape index (κ1) is 12.4. The summed E-state index contributed by atoms with van der Waals surface area (Å²) in [7, 11) is 2.12. The van der Waals surface area contributed by atoms with E-state index in [1.807, 2.05) is 6.92 Å². The highest BCUT2D eigenvalue weighted by Crippen LogP contribution is 2.27. The summed E-state index contributed by atoms with van der Waals surface area (Å²) in [5.41, 5.74) is 7.41. The van der Waals surface area contributed by atoms with Crippen molar-refractivity contribution in [2.75, 3.05) is 37.3 Å². The van der Waals surface area contributed by atoms with Crippen LogP contribution in [0.4, 0.5) is 11.5 Å². The second kappa shape index (κ2) is 4.66. The van der Waals surface area contributed by atoms with Gasteiger partial charge in [-0.25, -0.2) is 4.98 Å². The molecule has 0 amide bonds. The van der Waals surface area contributed by atoms with Crippen molar-refractivity contribution in [2.24, 2.45) is 0 Å². The van der Waals surface area contributed by atoms with Crippen molar-refractivity contribution in [2.45, 2.75) is 19.9 Å². The molecular formula is C11H18ClN5. The maximum absolute atomic E-state index is 6.04. The molecule has 1 fully saturated rings. The van der Waals surface area contributed by atoms with Crippen LogP contribution in [0, 0.1) is 6.92 Å². The third-order valence-electron chi connectivity index (χ3n) is 3.19. The second-order valence-electron chi connectivity index (χ2n) is 4.62. The standard InChI is InChI=1S/C11H18ClN5/c1-7-6-16(3)4-5-17(7)10-9(13)8(2)14-11(12)15-10/h7H,4-6,13H2,1-3H3. The van der Waals surface area contributed by atoms with Crippen molar-refractivity contribution in [3.8, 4) is 0 Å². The molecule has 1 aromatic rings. The van der Waals surface area contributed by atoms with Crippen molar-refractivity contribution in [1.82, 2.24) is 14.9 Å². The van der Waals surface area contributed by atoms with Gasteiger partial charge in [0.15, 0.2) is 5.82 Å². The molecule has 0 bridgehead atoms. The number of nitrogen functional groups attached to an aromatic ring is 1. The van der Waals surface area contributed by atoms with Crippen LogP contribution in [0.15, 0.2) is 0 Å². The Morgan fingerprint density at radius 3 is 2.71 bits per heavy atom. The first-order chi connectivity index (χ1) is 7.99. The number of aromatic nitrogens is 2. The Kier molecular flexibility index (Phi) is 3.40. The highest BCUT2D eigenvalue weighted by Gasteiger charge is 2.25. The van der Waals surface area contributed by atoms with Crippen LogP contribution in [0.3, 0.4) is 0 Å². The normalized spacial score (nSPS) is 21.9. The van der Waals surface area contributed by atoms with Crippen molar-refractivity contribution in [1.29, 1.82) is 0 Å². The lowest BCUT2D eigenvalue weighted by Gasteiger charge is -2.39. The molecule has 1 aliphatic heterocycles. The molecule has 0 spiro atoms. The first-order valence-corrected chi connectivity index (χ1v) is 6.11. The van der Waals surface area contributed by atoms with E-state index in [9.17, 15) is 0 Å². The minimum atomic E-state index is 0.262. The molecule has 2 rings (SSSR count). The summed E-state index contributed by atoms with van der Waals surface area (Å²) < 4.78 is 0. The molecule has 94 valence electrons. The fourth-order valence-corrected chi connectivity index (χ4v) is 2.41. The average Bonchev–Trinajstić information content (AvgIpc) is 2.24. The molecule has 0 saturated carbocycles. The van der Waals surface area contributed by atoms with Gasteiger partial charge in [-0.2, -0.15) is 4.98 Å². The van der Waals surface area contributed by atoms with E-state index >= 15 is 0 Å². The Balaban J connectivity index is 2.33. The molecule has 1 unspecified atom stereocenters. The lowest BCUT2D eigenvalue weighted by atomic mass is 10.2. The molecule has 1 saturated heterocycles. The maximum atomic E-state index is 6.04. The largest absolute Gasteiger partial charge is 0.394 e. The van der Waals surface area contributed by atoms with Gasteiger partial charge < -0.3 is 15.5 Å². The molecule has 0 aliphatic carbocycles. The number of halogens is 1. The second-order valence-corrected chi connectivity index (χ2v) is 4.96. The van der Waals surface area contributed by atoms with Gasteiger partial charge >= 0.3 is 0 Å². The van der Waals surface area contributed by atoms with E-state index in [0.717, 1.165) is 31.1 Å². The summed E-state index contributed by atoms with van der Waals surface area (Å²) in [6.45, 7) is 6.94. The minimum absolute atomic E-state index is 0.262. The van der Waals surface area contributed by atoms with E-state index in [1.54, 1.807) is 0 Å². The number of nitrogens with zero attached hydrogens (tertiary/aromatic N) is 4. The lowest BCUT2D eigenvalue weighted by Crippen LogP contribution is -2.51. The summed E-state index contributed by atoms with van der Waals surface area (Å²) in [5, 5.41) is 0.262. The highest BCUT2D eigenvalue weighted by atomic mass is 35.5. The zero-order chi connectivity index (χ0) is 12.6. The third-order valence-corrected chi connectivity index (χ3v) is 3.36. The van der Waals surface area contributed by atoms with E-state index in [-0.39, 0.29) is 5.28 Å². The summed E-state index contributed by atoms with van der Waals surface area (Å²) in [5.74, 6) is 0.767. The fraction of sp³-hybridized carbons (Fsp3) is 0.636. The average molecular weight is 256 g/mol. The molecule has 6 heteroatoms. The Morgan fingerprint density at radius 1 is 1.35 bits per heavy atom. The number of rotatable bonds is 1. The van der Waals surface area contributed by atoms with Crippen LogP contribution >= 0.6 is 11.6 Å². The molecule has 1 aliphatic rings. The smallest absolute Gasteiger partial charge is 0.224 e. The summed E-state index contributed by atoms with van der Waals surface area (Å²) >= 11 is 5.90. The van der Waals surface area contributed by atoms with Crippen molar-refractivity contribution >= 4 is 23.1 Å². The van der Waals surface area contributed by atoms with Gasteiger partial charge in [-0.15, -0.1) is 0 Å². The van der Waals surface area contributed by atoms with Gasteiger partial charge in [-0.1, -0.05) is 0 Å². The third kappa shape index (κ3) is 2.45. The van der Waals surface area contributed by atoms with E-state index < -0.39 is 0 Å². The molecule has 1 aromatic heterocycles. The Bertz CT molecular complexity index is 423. The number of hydrogen-bond donors (Lipinski definition) is 1. The van der Waals surface area contributed by atoms with E-state index in [1.165, 1.54) is 0 Å². The van der Waals surface area contributed by atoms with Crippen molar-refractivity contribution in [3.05, 3.63) is 11.0 Å². The number of aryl methyl sites for hydroxylation is 1. The summed E-state index contributed by atoms with van der Waals surface area (Å²) in [6.07, 6.45) is 0. The molecule has 1 atom stereocenters. The molecule has 0 aromatic carbocycles. The lowest BCUT2D eigenvalue weighted by molar-refractivity contribution is 0.275. The van der Waals surface area contributed by atoms with Gasteiger partial charge in [0.1, 0.15) is 0 Å². The van der Waals surface area contributed by atoms with Crippen LogP contribution < -0.4 is 10.6 Å². The molecular weight excluding hydrogens is 238 g/mol. The van der Waals surface area contributed by atoms with Gasteiger partial charge in [0.25, 0.3) is 0 Å². The molecule has 5 nitrogen and oxygen atoms in total. The van der Waals surface area contributed by atoms with Gasteiger partial charge in [-0.05, 0) is 32.5 Å². The van der Waals surface area contributed by atoms with Crippen LogP contribution in [0.25, 0.3) is 0 Å². The van der Waals surface area contributed by atoms with Gasteiger partial charge in [0, 0.05) is 25.7 Å². The molecule has 17 heavy (non-hydrogen) atoms. The predicted molar refractivity (Wildman–Crippen MR) is 70.5 cm³/mol. The quantitative estimate of drug-likeness (QED) is 0.764. The summed E-state index contributed by atoms with van der Waals surface area (Å²) in [4.78, 5) is 12.8. The Hall–Kier alpha value is -1.07. The predicted octanol–water partition coefficient (Wildman–Crippen LogP) is 1.16. The van der Waals surface area contributed by atoms with Crippen molar-refractivity contribution in [3.63, 3.8) is 0 Å². The van der Waals surface area contributed by atoms with Crippen LogP contribution in [-0.4, -0.2) is 47.6 Å². The zero-order valence-corrected chi connectivity index (χ0v) is 11.2. The number of piperazine rings is 1. The molecule has 0 radical (unpaired) electrons. The van der Waals surface area contributed by atoms with Gasteiger partial charge in [-0.3, -0.25) is 0 Å². The maximum Gasteiger partial charge on any atom is 0.224 e. The van der Waals surface area contributed by atoms with Crippen molar-refractivity contribution < 1.29 is 0 Å². The number of nitrogens with two attached hydrogens (primary N) is 1. The molecule has 2 heterocycles. The van der Waals surface area contributed by atoms with E-state index in [0.29, 0.717) is 11.7 Å². The minimum Gasteiger partial charge on any atom is -0.394 e. The number of likely N-dealkylation sites (N-methyl/N-ethyl adjacent to an activating group) is 1. The summed E-state index contributed by atoms with van der Waals surface area (Å²) in [6, 6.07) is 0.376. The topological polar surface area (TPSA) is 58.3 Å². The van der Waals surface area contributed by atoms with E-state index in [2.05, 4.69) is 33.7 Å². The highest BCUT2D eigenvalue weighted by molar-refractivity contribution is 6.28. The molecule has 2 N–H and O–H groups in total. The number of anilines is 2. The van der Waals surface area contributed by atoms with Crippen LogP contribution in [0.1, 0.15) is 12.6 Å². The SMILES string of the molecule is Cc1nc(Cl)nc(N2CCN(C)CC2C)c1N.